The van der Waals surface area contributed by atoms with Crippen molar-refractivity contribution in [1.82, 2.24) is 10.2 Å². The molecule has 2 nitrogen and oxygen atoms in total. The van der Waals surface area contributed by atoms with Gasteiger partial charge in [0, 0.05) is 19.1 Å². The van der Waals surface area contributed by atoms with Gasteiger partial charge in [0.05, 0.1) is 0 Å². The largest absolute Gasteiger partial charge is 0.315 e. The van der Waals surface area contributed by atoms with Crippen LogP contribution in [0, 0.1) is 11.3 Å². The van der Waals surface area contributed by atoms with Crippen LogP contribution in [0.1, 0.15) is 53.9 Å². The monoisotopic (exact) mass is 240 g/mol. The van der Waals surface area contributed by atoms with Crippen LogP contribution in [0.2, 0.25) is 0 Å². The van der Waals surface area contributed by atoms with Gasteiger partial charge in [-0.25, -0.2) is 0 Å². The predicted octanol–water partition coefficient (Wildman–Crippen LogP) is 3.13. The lowest BCUT2D eigenvalue weighted by Crippen LogP contribution is -2.51. The SMILES string of the molecule is CCCNCC(C(C)C)N1CCCC(C)(C)C1. The Labute approximate surface area is 108 Å². The summed E-state index contributed by atoms with van der Waals surface area (Å²) in [6, 6.07) is 0.709. The summed E-state index contributed by atoms with van der Waals surface area (Å²) in [6.07, 6.45) is 3.98. The molecular weight excluding hydrogens is 208 g/mol. The molecule has 1 heterocycles. The van der Waals surface area contributed by atoms with Crippen LogP contribution in [0.5, 0.6) is 0 Å². The molecular formula is C15H32N2. The highest BCUT2D eigenvalue weighted by atomic mass is 15.2. The molecule has 0 aliphatic carbocycles. The predicted molar refractivity (Wildman–Crippen MR) is 76.4 cm³/mol. The Morgan fingerprint density at radius 3 is 2.53 bits per heavy atom. The van der Waals surface area contributed by atoms with Gasteiger partial charge in [0.2, 0.25) is 0 Å². The van der Waals surface area contributed by atoms with Crippen molar-refractivity contribution in [3.05, 3.63) is 0 Å². The molecule has 0 aromatic rings. The highest BCUT2D eigenvalue weighted by molar-refractivity contribution is 4.86. The number of hydrogen-bond acceptors (Lipinski definition) is 2. The van der Waals surface area contributed by atoms with Gasteiger partial charge in [0.25, 0.3) is 0 Å². The smallest absolute Gasteiger partial charge is 0.0243 e. The lowest BCUT2D eigenvalue weighted by Gasteiger charge is -2.44. The van der Waals surface area contributed by atoms with Crippen LogP contribution in [0.15, 0.2) is 0 Å². The van der Waals surface area contributed by atoms with Gasteiger partial charge in [-0.2, -0.15) is 0 Å². The maximum atomic E-state index is 3.60. The molecule has 0 spiro atoms. The molecule has 0 amide bonds. The second kappa shape index (κ2) is 6.75. The Balaban J connectivity index is 2.51. The molecule has 1 rings (SSSR count). The van der Waals surface area contributed by atoms with Crippen molar-refractivity contribution >= 4 is 0 Å². The van der Waals surface area contributed by atoms with Gasteiger partial charge in [-0.1, -0.05) is 34.6 Å². The number of nitrogens with one attached hydrogen (secondary N) is 1. The van der Waals surface area contributed by atoms with Crippen LogP contribution < -0.4 is 5.32 Å². The molecule has 17 heavy (non-hydrogen) atoms. The minimum absolute atomic E-state index is 0.510. The fourth-order valence-corrected chi connectivity index (χ4v) is 2.96. The first-order valence-electron chi connectivity index (χ1n) is 7.41. The summed E-state index contributed by atoms with van der Waals surface area (Å²) in [4.78, 5) is 2.72. The topological polar surface area (TPSA) is 15.3 Å². The van der Waals surface area contributed by atoms with Crippen molar-refractivity contribution < 1.29 is 0 Å². The number of piperidine rings is 1. The van der Waals surface area contributed by atoms with Crippen molar-refractivity contribution in [2.24, 2.45) is 11.3 Å². The molecule has 0 aromatic carbocycles. The first-order valence-corrected chi connectivity index (χ1v) is 7.41. The molecule has 1 fully saturated rings. The van der Waals surface area contributed by atoms with Crippen LogP contribution >= 0.6 is 0 Å². The van der Waals surface area contributed by atoms with E-state index in [2.05, 4.69) is 44.8 Å². The fourth-order valence-electron chi connectivity index (χ4n) is 2.96. The Morgan fingerprint density at radius 2 is 2.00 bits per heavy atom. The minimum atomic E-state index is 0.510. The van der Waals surface area contributed by atoms with Gasteiger partial charge in [0.1, 0.15) is 0 Å². The molecule has 0 bridgehead atoms. The summed E-state index contributed by atoms with van der Waals surface area (Å²) < 4.78 is 0. The highest BCUT2D eigenvalue weighted by Crippen LogP contribution is 2.30. The van der Waals surface area contributed by atoms with Gasteiger partial charge in [-0.15, -0.1) is 0 Å². The third kappa shape index (κ3) is 4.97. The maximum absolute atomic E-state index is 3.60. The van der Waals surface area contributed by atoms with E-state index in [1.165, 1.54) is 32.4 Å². The molecule has 1 unspecified atom stereocenters. The maximum Gasteiger partial charge on any atom is 0.0243 e. The summed E-state index contributed by atoms with van der Waals surface area (Å²) in [5.74, 6) is 0.744. The lowest BCUT2D eigenvalue weighted by atomic mass is 9.82. The van der Waals surface area contributed by atoms with E-state index in [9.17, 15) is 0 Å². The minimum Gasteiger partial charge on any atom is -0.315 e. The highest BCUT2D eigenvalue weighted by Gasteiger charge is 2.31. The summed E-state index contributed by atoms with van der Waals surface area (Å²) in [7, 11) is 0. The summed E-state index contributed by atoms with van der Waals surface area (Å²) in [6.45, 7) is 16.7. The quantitative estimate of drug-likeness (QED) is 0.718. The van der Waals surface area contributed by atoms with Crippen molar-refractivity contribution in [1.29, 1.82) is 0 Å². The van der Waals surface area contributed by atoms with Crippen molar-refractivity contribution in [2.45, 2.75) is 59.9 Å². The molecule has 0 aromatic heterocycles. The standard InChI is InChI=1S/C15H32N2/c1-6-9-16-11-14(13(2)3)17-10-7-8-15(4,5)12-17/h13-14,16H,6-12H2,1-5H3. The third-order valence-corrected chi connectivity index (χ3v) is 3.95. The molecule has 1 atom stereocenters. The Morgan fingerprint density at radius 1 is 1.29 bits per heavy atom. The fraction of sp³-hybridized carbons (Fsp3) is 1.00. The molecule has 1 aliphatic heterocycles. The van der Waals surface area contributed by atoms with E-state index in [4.69, 9.17) is 0 Å². The lowest BCUT2D eigenvalue weighted by molar-refractivity contribution is 0.0583. The second-order valence-corrected chi connectivity index (χ2v) is 6.75. The van der Waals surface area contributed by atoms with Crippen LogP contribution in [0.3, 0.4) is 0 Å². The molecule has 0 saturated carbocycles. The normalized spacial score (nSPS) is 22.9. The molecule has 1 N–H and O–H groups in total. The zero-order valence-electron chi connectivity index (χ0n) is 12.6. The van der Waals surface area contributed by atoms with Gasteiger partial charge >= 0.3 is 0 Å². The first-order chi connectivity index (χ1) is 7.96. The molecule has 0 radical (unpaired) electrons. The Bertz CT molecular complexity index is 211. The van der Waals surface area contributed by atoms with Crippen molar-refractivity contribution in [3.8, 4) is 0 Å². The zero-order chi connectivity index (χ0) is 12.9. The van der Waals surface area contributed by atoms with Crippen molar-refractivity contribution in [2.75, 3.05) is 26.2 Å². The van der Waals surface area contributed by atoms with E-state index in [1.807, 2.05) is 0 Å². The number of nitrogens with zero attached hydrogens (tertiary/aromatic N) is 1. The number of hydrogen-bond donors (Lipinski definition) is 1. The van der Waals surface area contributed by atoms with Gasteiger partial charge in [-0.05, 0) is 43.7 Å². The Kier molecular flexibility index (Phi) is 5.94. The Hall–Kier alpha value is -0.0800. The molecule has 102 valence electrons. The molecule has 2 heteroatoms. The van der Waals surface area contributed by atoms with E-state index >= 15 is 0 Å². The average molecular weight is 240 g/mol. The number of likely N-dealkylation sites (tertiary alicyclic amines) is 1. The van der Waals surface area contributed by atoms with E-state index in [1.54, 1.807) is 0 Å². The average Bonchev–Trinajstić information content (AvgIpc) is 2.22. The second-order valence-electron chi connectivity index (χ2n) is 6.75. The molecule has 1 aliphatic rings. The van der Waals surface area contributed by atoms with E-state index in [0.29, 0.717) is 11.5 Å². The van der Waals surface area contributed by atoms with Crippen LogP contribution in [-0.2, 0) is 0 Å². The van der Waals surface area contributed by atoms with E-state index < -0.39 is 0 Å². The van der Waals surface area contributed by atoms with E-state index in [-0.39, 0.29) is 0 Å². The van der Waals surface area contributed by atoms with Crippen molar-refractivity contribution in [3.63, 3.8) is 0 Å². The van der Waals surface area contributed by atoms with Gasteiger partial charge in [0.15, 0.2) is 0 Å². The summed E-state index contributed by atoms with van der Waals surface area (Å²) in [5.41, 5.74) is 0.510. The van der Waals surface area contributed by atoms with Crippen LogP contribution in [-0.4, -0.2) is 37.1 Å². The summed E-state index contributed by atoms with van der Waals surface area (Å²) >= 11 is 0. The van der Waals surface area contributed by atoms with Gasteiger partial charge < -0.3 is 5.32 Å². The van der Waals surface area contributed by atoms with Crippen LogP contribution in [0.4, 0.5) is 0 Å². The molecule has 1 saturated heterocycles. The van der Waals surface area contributed by atoms with Crippen LogP contribution in [0.25, 0.3) is 0 Å². The van der Waals surface area contributed by atoms with Gasteiger partial charge in [-0.3, -0.25) is 4.90 Å². The zero-order valence-corrected chi connectivity index (χ0v) is 12.6. The summed E-state index contributed by atoms with van der Waals surface area (Å²) in [5, 5.41) is 3.60. The third-order valence-electron chi connectivity index (χ3n) is 3.95. The number of rotatable bonds is 6. The van der Waals surface area contributed by atoms with E-state index in [0.717, 1.165) is 19.0 Å². The first kappa shape index (κ1) is 15.0.